The standard InChI is InChI=1S/C17H27N3O3/c1-17(2,3)23-16(22)19-14-7-6-13(21)8-15(14)20-10-12(9-18-20)11-4-5-11/h9-11,13-15,21H,4-8H2,1-3H3,(H,19,22). The fourth-order valence-corrected chi connectivity index (χ4v) is 3.21. The average Bonchev–Trinajstić information content (AvgIpc) is 3.17. The number of amides is 1. The predicted octanol–water partition coefficient (Wildman–Crippen LogP) is 2.74. The van der Waals surface area contributed by atoms with E-state index in [1.165, 1.54) is 18.4 Å². The molecule has 0 radical (unpaired) electrons. The van der Waals surface area contributed by atoms with Gasteiger partial charge in [0, 0.05) is 6.20 Å². The first kappa shape index (κ1) is 16.3. The molecule has 23 heavy (non-hydrogen) atoms. The van der Waals surface area contributed by atoms with Crippen LogP contribution in [0.25, 0.3) is 0 Å². The maximum atomic E-state index is 12.1. The smallest absolute Gasteiger partial charge is 0.407 e. The van der Waals surface area contributed by atoms with Gasteiger partial charge in [0.05, 0.1) is 24.4 Å². The van der Waals surface area contributed by atoms with Crippen molar-refractivity contribution in [3.8, 4) is 0 Å². The summed E-state index contributed by atoms with van der Waals surface area (Å²) in [5.74, 6) is 0.648. The van der Waals surface area contributed by atoms with Crippen LogP contribution >= 0.6 is 0 Å². The minimum absolute atomic E-state index is 0.0289. The fourth-order valence-electron chi connectivity index (χ4n) is 3.21. The lowest BCUT2D eigenvalue weighted by atomic mass is 9.88. The van der Waals surface area contributed by atoms with Crippen molar-refractivity contribution >= 4 is 6.09 Å². The molecular weight excluding hydrogens is 294 g/mol. The molecule has 0 spiro atoms. The van der Waals surface area contributed by atoms with E-state index >= 15 is 0 Å². The van der Waals surface area contributed by atoms with E-state index in [2.05, 4.69) is 16.6 Å². The van der Waals surface area contributed by atoms with Gasteiger partial charge in [-0.25, -0.2) is 4.79 Å². The van der Waals surface area contributed by atoms with Gasteiger partial charge in [-0.3, -0.25) is 4.68 Å². The van der Waals surface area contributed by atoms with E-state index < -0.39 is 11.7 Å². The molecule has 2 N–H and O–H groups in total. The quantitative estimate of drug-likeness (QED) is 0.897. The van der Waals surface area contributed by atoms with Crippen LogP contribution in [-0.4, -0.2) is 38.7 Å². The molecule has 2 fully saturated rings. The first-order chi connectivity index (χ1) is 10.8. The van der Waals surface area contributed by atoms with Crippen molar-refractivity contribution in [2.75, 3.05) is 0 Å². The first-order valence-electron chi connectivity index (χ1n) is 8.53. The average molecular weight is 321 g/mol. The molecule has 0 aromatic carbocycles. The van der Waals surface area contributed by atoms with E-state index in [-0.39, 0.29) is 18.2 Å². The molecule has 3 rings (SSSR count). The van der Waals surface area contributed by atoms with Gasteiger partial charge in [-0.05, 0) is 64.4 Å². The Morgan fingerprint density at radius 2 is 2.09 bits per heavy atom. The maximum Gasteiger partial charge on any atom is 0.407 e. The number of nitrogens with one attached hydrogen (secondary N) is 1. The zero-order valence-corrected chi connectivity index (χ0v) is 14.2. The molecule has 6 nitrogen and oxygen atoms in total. The van der Waals surface area contributed by atoms with Gasteiger partial charge >= 0.3 is 6.09 Å². The minimum Gasteiger partial charge on any atom is -0.444 e. The number of aliphatic hydroxyl groups excluding tert-OH is 1. The summed E-state index contributed by atoms with van der Waals surface area (Å²) in [6.45, 7) is 5.55. The number of aromatic nitrogens is 2. The Kier molecular flexibility index (Phi) is 4.36. The second-order valence-electron chi connectivity index (χ2n) is 7.81. The van der Waals surface area contributed by atoms with Crippen LogP contribution in [0.5, 0.6) is 0 Å². The third kappa shape index (κ3) is 4.25. The van der Waals surface area contributed by atoms with Crippen LogP contribution in [0.15, 0.2) is 12.4 Å². The van der Waals surface area contributed by atoms with E-state index in [4.69, 9.17) is 4.74 Å². The van der Waals surface area contributed by atoms with Crippen LogP contribution in [0.4, 0.5) is 4.79 Å². The highest BCUT2D eigenvalue weighted by Gasteiger charge is 2.34. The minimum atomic E-state index is -0.515. The molecule has 3 atom stereocenters. The number of aliphatic hydroxyl groups is 1. The van der Waals surface area contributed by atoms with Crippen LogP contribution in [-0.2, 0) is 4.74 Å². The van der Waals surface area contributed by atoms with E-state index in [0.29, 0.717) is 18.8 Å². The largest absolute Gasteiger partial charge is 0.444 e. The molecule has 2 aliphatic rings. The third-order valence-electron chi connectivity index (χ3n) is 4.50. The number of carbonyl (C=O) groups is 1. The van der Waals surface area contributed by atoms with E-state index in [1.807, 2.05) is 31.6 Å². The van der Waals surface area contributed by atoms with Crippen molar-refractivity contribution in [2.45, 2.75) is 82.6 Å². The third-order valence-corrected chi connectivity index (χ3v) is 4.50. The van der Waals surface area contributed by atoms with Crippen LogP contribution in [0.2, 0.25) is 0 Å². The van der Waals surface area contributed by atoms with E-state index in [9.17, 15) is 9.90 Å². The lowest BCUT2D eigenvalue weighted by Crippen LogP contribution is -2.47. The summed E-state index contributed by atoms with van der Waals surface area (Å²) in [5, 5.41) is 17.5. The van der Waals surface area contributed by atoms with Crippen LogP contribution < -0.4 is 5.32 Å². The highest BCUT2D eigenvalue weighted by Crippen LogP contribution is 2.40. The molecule has 0 aliphatic heterocycles. The van der Waals surface area contributed by atoms with Gasteiger partial charge in [-0.2, -0.15) is 5.10 Å². The summed E-state index contributed by atoms with van der Waals surface area (Å²) in [6, 6.07) is -0.0982. The van der Waals surface area contributed by atoms with Gasteiger partial charge < -0.3 is 15.2 Å². The Hall–Kier alpha value is -1.56. The molecule has 0 saturated heterocycles. The van der Waals surface area contributed by atoms with Crippen molar-refractivity contribution in [3.63, 3.8) is 0 Å². The van der Waals surface area contributed by atoms with Gasteiger partial charge in [-0.1, -0.05) is 0 Å². The Balaban J connectivity index is 1.69. The zero-order valence-electron chi connectivity index (χ0n) is 14.2. The van der Waals surface area contributed by atoms with Crippen molar-refractivity contribution in [1.82, 2.24) is 15.1 Å². The summed E-state index contributed by atoms with van der Waals surface area (Å²) in [5.41, 5.74) is 0.750. The maximum absolute atomic E-state index is 12.1. The lowest BCUT2D eigenvalue weighted by molar-refractivity contribution is 0.0387. The lowest BCUT2D eigenvalue weighted by Gasteiger charge is -2.35. The second kappa shape index (κ2) is 6.15. The Labute approximate surface area is 137 Å². The number of alkyl carbamates (subject to hydrolysis) is 1. The summed E-state index contributed by atoms with van der Waals surface area (Å²) in [4.78, 5) is 12.1. The van der Waals surface area contributed by atoms with Gasteiger partial charge in [0.2, 0.25) is 0 Å². The Morgan fingerprint density at radius 3 is 2.74 bits per heavy atom. The molecule has 1 aromatic rings. The summed E-state index contributed by atoms with van der Waals surface area (Å²) in [7, 11) is 0. The van der Waals surface area contributed by atoms with Crippen LogP contribution in [0.1, 0.15) is 70.4 Å². The van der Waals surface area contributed by atoms with Gasteiger partial charge in [0.25, 0.3) is 0 Å². The molecule has 2 saturated carbocycles. The van der Waals surface area contributed by atoms with Crippen molar-refractivity contribution in [1.29, 1.82) is 0 Å². The molecule has 128 valence electrons. The molecule has 1 amide bonds. The fraction of sp³-hybridized carbons (Fsp3) is 0.765. The number of nitrogens with zero attached hydrogens (tertiary/aromatic N) is 2. The van der Waals surface area contributed by atoms with Crippen LogP contribution in [0.3, 0.4) is 0 Å². The number of rotatable bonds is 3. The first-order valence-corrected chi connectivity index (χ1v) is 8.53. The van der Waals surface area contributed by atoms with E-state index in [1.54, 1.807) is 0 Å². The summed E-state index contributed by atoms with van der Waals surface area (Å²) < 4.78 is 7.28. The summed E-state index contributed by atoms with van der Waals surface area (Å²) >= 11 is 0. The van der Waals surface area contributed by atoms with E-state index in [0.717, 1.165) is 6.42 Å². The molecule has 2 aliphatic carbocycles. The second-order valence-corrected chi connectivity index (χ2v) is 7.81. The number of hydrogen-bond acceptors (Lipinski definition) is 4. The number of carbonyl (C=O) groups excluding carboxylic acids is 1. The Bertz CT molecular complexity index is 560. The molecule has 1 heterocycles. The SMILES string of the molecule is CC(C)(C)OC(=O)NC1CCC(O)CC1n1cc(C2CC2)cn1. The topological polar surface area (TPSA) is 76.4 Å². The predicted molar refractivity (Wildman–Crippen MR) is 86.3 cm³/mol. The zero-order chi connectivity index (χ0) is 16.6. The highest BCUT2D eigenvalue weighted by atomic mass is 16.6. The molecule has 0 bridgehead atoms. The number of hydrogen-bond donors (Lipinski definition) is 2. The molecule has 1 aromatic heterocycles. The van der Waals surface area contributed by atoms with Crippen molar-refractivity contribution < 1.29 is 14.6 Å². The monoisotopic (exact) mass is 321 g/mol. The normalized spacial score (nSPS) is 28.4. The molecular formula is C17H27N3O3. The Morgan fingerprint density at radius 1 is 1.35 bits per heavy atom. The summed E-state index contributed by atoms with van der Waals surface area (Å²) in [6.07, 6.45) is 7.73. The highest BCUT2D eigenvalue weighted by molar-refractivity contribution is 5.68. The van der Waals surface area contributed by atoms with Crippen LogP contribution in [0, 0.1) is 0 Å². The van der Waals surface area contributed by atoms with Gasteiger partial charge in [-0.15, -0.1) is 0 Å². The van der Waals surface area contributed by atoms with Crippen molar-refractivity contribution in [2.24, 2.45) is 0 Å². The number of ether oxygens (including phenoxy) is 1. The van der Waals surface area contributed by atoms with Gasteiger partial charge in [0.15, 0.2) is 0 Å². The van der Waals surface area contributed by atoms with Crippen molar-refractivity contribution in [3.05, 3.63) is 18.0 Å². The molecule has 6 heteroatoms. The molecule has 3 unspecified atom stereocenters. The van der Waals surface area contributed by atoms with Gasteiger partial charge in [0.1, 0.15) is 5.60 Å².